The lowest BCUT2D eigenvalue weighted by molar-refractivity contribution is -0.128. The van der Waals surface area contributed by atoms with Gasteiger partial charge in [-0.25, -0.2) is 4.79 Å². The topological polar surface area (TPSA) is 97.1 Å². The Morgan fingerprint density at radius 1 is 0.923 bits per heavy atom. The second kappa shape index (κ2) is 8.57. The molecule has 2 aromatic rings. The standard InChI is InChI=1S/C19H19NO6/c1-23-15-10-12(11-16(24-2)18(15)25-3)4-9-17(21)26-14-7-5-13(6-8-14)19(20)22/h4-11H,1-3H3,(H2,20,22)/b9-4+. The number of carbonyl (C=O) groups excluding carboxylic acids is 2. The number of rotatable bonds is 7. The molecule has 0 aliphatic carbocycles. The zero-order valence-electron chi connectivity index (χ0n) is 14.6. The Hall–Kier alpha value is -3.48. The van der Waals surface area contributed by atoms with Crippen LogP contribution >= 0.6 is 0 Å². The summed E-state index contributed by atoms with van der Waals surface area (Å²) in [6.45, 7) is 0. The molecule has 0 unspecified atom stereocenters. The zero-order chi connectivity index (χ0) is 19.1. The third-order valence-electron chi connectivity index (χ3n) is 3.46. The van der Waals surface area contributed by atoms with E-state index in [-0.39, 0.29) is 0 Å². The molecule has 2 rings (SSSR count). The fourth-order valence-corrected chi connectivity index (χ4v) is 2.20. The normalized spacial score (nSPS) is 10.4. The third kappa shape index (κ3) is 4.54. The predicted octanol–water partition coefficient (Wildman–Crippen LogP) is 2.43. The van der Waals surface area contributed by atoms with E-state index in [4.69, 9.17) is 24.7 Å². The van der Waals surface area contributed by atoms with Gasteiger partial charge in [0.05, 0.1) is 21.3 Å². The Balaban J connectivity index is 2.13. The highest BCUT2D eigenvalue weighted by molar-refractivity contribution is 5.93. The van der Waals surface area contributed by atoms with Gasteiger partial charge in [-0.05, 0) is 48.0 Å². The van der Waals surface area contributed by atoms with Crippen molar-refractivity contribution in [2.24, 2.45) is 5.73 Å². The quantitative estimate of drug-likeness (QED) is 0.464. The average Bonchev–Trinajstić information content (AvgIpc) is 2.65. The van der Waals surface area contributed by atoms with Crippen LogP contribution in [0.25, 0.3) is 6.08 Å². The van der Waals surface area contributed by atoms with E-state index in [9.17, 15) is 9.59 Å². The van der Waals surface area contributed by atoms with E-state index in [0.717, 1.165) is 0 Å². The molecule has 0 saturated heterocycles. The van der Waals surface area contributed by atoms with Gasteiger partial charge in [0.1, 0.15) is 5.75 Å². The summed E-state index contributed by atoms with van der Waals surface area (Å²) < 4.78 is 20.9. The van der Waals surface area contributed by atoms with E-state index in [2.05, 4.69) is 0 Å². The van der Waals surface area contributed by atoms with Crippen LogP contribution in [-0.4, -0.2) is 33.2 Å². The summed E-state index contributed by atoms with van der Waals surface area (Å²) in [7, 11) is 4.53. The molecule has 0 aliphatic heterocycles. The molecular formula is C19H19NO6. The first-order valence-electron chi connectivity index (χ1n) is 7.58. The lowest BCUT2D eigenvalue weighted by Gasteiger charge is -2.12. The van der Waals surface area contributed by atoms with E-state index in [0.29, 0.717) is 34.1 Å². The van der Waals surface area contributed by atoms with Crippen LogP contribution in [0.1, 0.15) is 15.9 Å². The average molecular weight is 357 g/mol. The van der Waals surface area contributed by atoms with E-state index in [1.165, 1.54) is 51.7 Å². The molecule has 1 amide bonds. The zero-order valence-corrected chi connectivity index (χ0v) is 14.6. The minimum Gasteiger partial charge on any atom is -0.493 e. The van der Waals surface area contributed by atoms with Gasteiger partial charge in [0.2, 0.25) is 11.7 Å². The Kier molecular flexibility index (Phi) is 6.21. The van der Waals surface area contributed by atoms with Crippen LogP contribution < -0.4 is 24.7 Å². The molecule has 2 aromatic carbocycles. The number of nitrogens with two attached hydrogens (primary N) is 1. The van der Waals surface area contributed by atoms with Gasteiger partial charge in [-0.2, -0.15) is 0 Å². The lowest BCUT2D eigenvalue weighted by atomic mass is 10.1. The van der Waals surface area contributed by atoms with Gasteiger partial charge in [0.15, 0.2) is 11.5 Å². The Labute approximate surface area is 150 Å². The monoisotopic (exact) mass is 357 g/mol. The summed E-state index contributed by atoms with van der Waals surface area (Å²) in [5.74, 6) is 0.582. The van der Waals surface area contributed by atoms with E-state index in [1.807, 2.05) is 0 Å². The van der Waals surface area contributed by atoms with Crippen LogP contribution in [0.15, 0.2) is 42.5 Å². The predicted molar refractivity (Wildman–Crippen MR) is 95.7 cm³/mol. The summed E-state index contributed by atoms with van der Waals surface area (Å²) in [5, 5.41) is 0. The number of esters is 1. The van der Waals surface area contributed by atoms with Crippen molar-refractivity contribution in [2.75, 3.05) is 21.3 Å². The first-order valence-corrected chi connectivity index (χ1v) is 7.58. The molecule has 0 aliphatic rings. The molecule has 0 radical (unpaired) electrons. The smallest absolute Gasteiger partial charge is 0.336 e. The molecule has 2 N–H and O–H groups in total. The van der Waals surface area contributed by atoms with Gasteiger partial charge in [-0.15, -0.1) is 0 Å². The molecule has 0 saturated carbocycles. The largest absolute Gasteiger partial charge is 0.493 e. The van der Waals surface area contributed by atoms with Crippen molar-refractivity contribution >= 4 is 18.0 Å². The molecule has 0 aromatic heterocycles. The maximum Gasteiger partial charge on any atom is 0.336 e. The number of ether oxygens (including phenoxy) is 4. The molecular weight excluding hydrogens is 338 g/mol. The molecule has 0 fully saturated rings. The maximum absolute atomic E-state index is 11.9. The minimum atomic E-state index is -0.578. The summed E-state index contributed by atoms with van der Waals surface area (Å²) in [4.78, 5) is 23.0. The van der Waals surface area contributed by atoms with E-state index >= 15 is 0 Å². The van der Waals surface area contributed by atoms with Crippen LogP contribution in [-0.2, 0) is 4.79 Å². The summed E-state index contributed by atoms with van der Waals surface area (Å²) in [6.07, 6.45) is 2.83. The first-order chi connectivity index (χ1) is 12.5. The maximum atomic E-state index is 11.9. The van der Waals surface area contributed by atoms with Gasteiger partial charge >= 0.3 is 5.97 Å². The van der Waals surface area contributed by atoms with Gasteiger partial charge in [0, 0.05) is 11.6 Å². The fourth-order valence-electron chi connectivity index (χ4n) is 2.20. The molecule has 0 atom stereocenters. The van der Waals surface area contributed by atoms with Gasteiger partial charge in [-0.3, -0.25) is 4.79 Å². The Morgan fingerprint density at radius 3 is 1.96 bits per heavy atom. The SMILES string of the molecule is COc1cc(/C=C/C(=O)Oc2ccc(C(N)=O)cc2)cc(OC)c1OC. The number of hydrogen-bond acceptors (Lipinski definition) is 6. The van der Waals surface area contributed by atoms with Crippen LogP contribution in [0.5, 0.6) is 23.0 Å². The number of primary amides is 1. The molecule has 7 nitrogen and oxygen atoms in total. The van der Waals surface area contributed by atoms with E-state index < -0.39 is 11.9 Å². The number of carbonyl (C=O) groups is 2. The highest BCUT2D eigenvalue weighted by Gasteiger charge is 2.12. The number of hydrogen-bond donors (Lipinski definition) is 1. The number of methoxy groups -OCH3 is 3. The summed E-state index contributed by atoms with van der Waals surface area (Å²) in [6, 6.07) is 9.35. The van der Waals surface area contributed by atoms with Crippen molar-refractivity contribution in [1.29, 1.82) is 0 Å². The molecule has 0 spiro atoms. The minimum absolute atomic E-state index is 0.301. The highest BCUT2D eigenvalue weighted by Crippen LogP contribution is 2.38. The van der Waals surface area contributed by atoms with E-state index in [1.54, 1.807) is 18.2 Å². The molecule has 0 heterocycles. The molecule has 7 heteroatoms. The second-order valence-corrected chi connectivity index (χ2v) is 5.10. The second-order valence-electron chi connectivity index (χ2n) is 5.10. The fraction of sp³-hybridized carbons (Fsp3) is 0.158. The highest BCUT2D eigenvalue weighted by atomic mass is 16.5. The van der Waals surface area contributed by atoms with Crippen molar-refractivity contribution in [3.05, 3.63) is 53.6 Å². The molecule has 26 heavy (non-hydrogen) atoms. The van der Waals surface area contributed by atoms with Gasteiger partial charge in [0.25, 0.3) is 0 Å². The first kappa shape index (κ1) is 18.9. The summed E-state index contributed by atoms with van der Waals surface area (Å²) in [5.41, 5.74) is 6.16. The van der Waals surface area contributed by atoms with Crippen LogP contribution in [0.2, 0.25) is 0 Å². The molecule has 136 valence electrons. The third-order valence-corrected chi connectivity index (χ3v) is 3.46. The van der Waals surface area contributed by atoms with Crippen LogP contribution in [0.3, 0.4) is 0 Å². The van der Waals surface area contributed by atoms with Crippen molar-refractivity contribution in [3.63, 3.8) is 0 Å². The van der Waals surface area contributed by atoms with Crippen molar-refractivity contribution in [2.45, 2.75) is 0 Å². The van der Waals surface area contributed by atoms with Gasteiger partial charge < -0.3 is 24.7 Å². The Bertz CT molecular complexity index is 801. The molecule has 0 bridgehead atoms. The number of benzene rings is 2. The lowest BCUT2D eigenvalue weighted by Crippen LogP contribution is -2.10. The van der Waals surface area contributed by atoms with Gasteiger partial charge in [-0.1, -0.05) is 0 Å². The summed E-state index contributed by atoms with van der Waals surface area (Å²) >= 11 is 0. The van der Waals surface area contributed by atoms with Crippen LogP contribution in [0, 0.1) is 0 Å². The van der Waals surface area contributed by atoms with Crippen molar-refractivity contribution in [3.8, 4) is 23.0 Å². The van der Waals surface area contributed by atoms with Crippen molar-refractivity contribution < 1.29 is 28.5 Å². The Morgan fingerprint density at radius 2 is 1.50 bits per heavy atom. The van der Waals surface area contributed by atoms with Crippen LogP contribution in [0.4, 0.5) is 0 Å². The van der Waals surface area contributed by atoms with Crippen molar-refractivity contribution in [1.82, 2.24) is 0 Å². The number of amides is 1.